The summed E-state index contributed by atoms with van der Waals surface area (Å²) < 4.78 is 2.05. The van der Waals surface area contributed by atoms with Gasteiger partial charge in [-0.05, 0) is 37.1 Å². The molecule has 3 nitrogen and oxygen atoms in total. The van der Waals surface area contributed by atoms with Crippen molar-refractivity contribution in [3.8, 4) is 0 Å². The Kier molecular flexibility index (Phi) is 4.61. The van der Waals surface area contributed by atoms with Crippen LogP contribution >= 0.6 is 11.6 Å². The van der Waals surface area contributed by atoms with E-state index in [4.69, 9.17) is 11.6 Å². The molecule has 1 aromatic heterocycles. The van der Waals surface area contributed by atoms with Crippen LogP contribution in [-0.4, -0.2) is 16.1 Å². The molecular weight excluding hydrogens is 258 g/mol. The van der Waals surface area contributed by atoms with Crippen LogP contribution in [-0.2, 0) is 13.5 Å². The first kappa shape index (κ1) is 14.1. The lowest BCUT2D eigenvalue weighted by Gasteiger charge is -2.18. The Hall–Kier alpha value is -1.32. The van der Waals surface area contributed by atoms with Gasteiger partial charge in [-0.15, -0.1) is 0 Å². The third-order valence-corrected chi connectivity index (χ3v) is 3.61. The van der Waals surface area contributed by atoms with Crippen molar-refractivity contribution < 1.29 is 0 Å². The highest BCUT2D eigenvalue weighted by molar-refractivity contribution is 6.31. The molecular formula is C15H20ClN3. The second-order valence-electron chi connectivity index (χ2n) is 4.81. The highest BCUT2D eigenvalue weighted by atomic mass is 35.5. The summed E-state index contributed by atoms with van der Waals surface area (Å²) in [5.74, 6) is 1.04. The van der Waals surface area contributed by atoms with Gasteiger partial charge in [0.15, 0.2) is 0 Å². The maximum atomic E-state index is 6.32. The van der Waals surface area contributed by atoms with Gasteiger partial charge in [0.05, 0.1) is 6.04 Å². The van der Waals surface area contributed by atoms with Crippen molar-refractivity contribution in [2.24, 2.45) is 7.05 Å². The van der Waals surface area contributed by atoms with E-state index in [1.165, 1.54) is 5.56 Å². The molecule has 0 aliphatic rings. The summed E-state index contributed by atoms with van der Waals surface area (Å²) in [4.78, 5) is 4.44. The minimum Gasteiger partial charge on any atom is -0.337 e. The van der Waals surface area contributed by atoms with Gasteiger partial charge in [0.1, 0.15) is 5.82 Å². The summed E-state index contributed by atoms with van der Waals surface area (Å²) in [6, 6.07) is 6.40. The average molecular weight is 278 g/mol. The third kappa shape index (κ3) is 3.37. The van der Waals surface area contributed by atoms with E-state index >= 15 is 0 Å². The van der Waals surface area contributed by atoms with E-state index in [9.17, 15) is 0 Å². The standard InChI is InChI=1S/C15H20ClN3/c1-4-17-14(15-18-7-8-19(15)3)10-12-6-5-11(2)9-13(12)16/h5-9,14,17H,4,10H2,1-3H3. The first-order valence-corrected chi connectivity index (χ1v) is 6.95. The van der Waals surface area contributed by atoms with Gasteiger partial charge in [0.25, 0.3) is 0 Å². The Balaban J connectivity index is 2.24. The minimum atomic E-state index is 0.185. The number of rotatable bonds is 5. The smallest absolute Gasteiger partial charge is 0.125 e. The van der Waals surface area contributed by atoms with E-state index in [-0.39, 0.29) is 6.04 Å². The van der Waals surface area contributed by atoms with Crippen LogP contribution in [0.4, 0.5) is 0 Å². The normalized spacial score (nSPS) is 12.6. The van der Waals surface area contributed by atoms with E-state index in [2.05, 4.69) is 40.8 Å². The Morgan fingerprint density at radius 2 is 2.21 bits per heavy atom. The molecule has 0 radical (unpaired) electrons. The number of benzene rings is 1. The average Bonchev–Trinajstić information content (AvgIpc) is 2.78. The Labute approximate surface area is 119 Å². The topological polar surface area (TPSA) is 29.9 Å². The maximum absolute atomic E-state index is 6.32. The van der Waals surface area contributed by atoms with E-state index in [1.54, 1.807) is 0 Å². The molecule has 1 aromatic carbocycles. The van der Waals surface area contributed by atoms with E-state index in [0.29, 0.717) is 0 Å². The van der Waals surface area contributed by atoms with Crippen molar-refractivity contribution in [3.05, 3.63) is 52.6 Å². The predicted molar refractivity (Wildman–Crippen MR) is 79.5 cm³/mol. The summed E-state index contributed by atoms with van der Waals surface area (Å²) in [5, 5.41) is 4.30. The molecule has 0 amide bonds. The Morgan fingerprint density at radius 1 is 1.42 bits per heavy atom. The third-order valence-electron chi connectivity index (χ3n) is 3.25. The van der Waals surface area contributed by atoms with Crippen LogP contribution in [0.25, 0.3) is 0 Å². The van der Waals surface area contributed by atoms with Crippen LogP contribution in [0.1, 0.15) is 29.9 Å². The number of hydrogen-bond donors (Lipinski definition) is 1. The lowest BCUT2D eigenvalue weighted by molar-refractivity contribution is 0.506. The highest BCUT2D eigenvalue weighted by Gasteiger charge is 2.16. The number of imidazole rings is 1. The molecule has 1 N–H and O–H groups in total. The molecule has 1 unspecified atom stereocenters. The molecule has 4 heteroatoms. The molecule has 0 saturated heterocycles. The Morgan fingerprint density at radius 3 is 2.79 bits per heavy atom. The number of likely N-dealkylation sites (N-methyl/N-ethyl adjacent to an activating group) is 1. The molecule has 0 aliphatic carbocycles. The second kappa shape index (κ2) is 6.22. The van der Waals surface area contributed by atoms with Gasteiger partial charge in [0.2, 0.25) is 0 Å². The summed E-state index contributed by atoms with van der Waals surface area (Å²) in [6.45, 7) is 5.06. The molecule has 2 aromatic rings. The molecule has 102 valence electrons. The second-order valence-corrected chi connectivity index (χ2v) is 5.21. The van der Waals surface area contributed by atoms with E-state index < -0.39 is 0 Å². The van der Waals surface area contributed by atoms with Crippen molar-refractivity contribution >= 4 is 11.6 Å². The number of nitrogens with zero attached hydrogens (tertiary/aromatic N) is 2. The zero-order chi connectivity index (χ0) is 13.8. The van der Waals surface area contributed by atoms with Gasteiger partial charge in [-0.1, -0.05) is 30.7 Å². The summed E-state index contributed by atoms with van der Waals surface area (Å²) >= 11 is 6.32. The molecule has 19 heavy (non-hydrogen) atoms. The van der Waals surface area contributed by atoms with Crippen LogP contribution in [0, 0.1) is 6.92 Å². The fourth-order valence-electron chi connectivity index (χ4n) is 2.25. The van der Waals surface area contributed by atoms with Crippen LogP contribution in [0.5, 0.6) is 0 Å². The van der Waals surface area contributed by atoms with E-state index in [0.717, 1.165) is 29.4 Å². The zero-order valence-electron chi connectivity index (χ0n) is 11.7. The number of nitrogens with one attached hydrogen (secondary N) is 1. The van der Waals surface area contributed by atoms with Gasteiger partial charge in [-0.25, -0.2) is 4.98 Å². The van der Waals surface area contributed by atoms with Gasteiger partial charge < -0.3 is 9.88 Å². The monoisotopic (exact) mass is 277 g/mol. The van der Waals surface area contributed by atoms with Crippen molar-refractivity contribution in [1.82, 2.24) is 14.9 Å². The van der Waals surface area contributed by atoms with Gasteiger partial charge in [-0.3, -0.25) is 0 Å². The molecule has 0 spiro atoms. The van der Waals surface area contributed by atoms with Gasteiger partial charge in [0, 0.05) is 24.5 Å². The predicted octanol–water partition coefficient (Wildman–Crippen LogP) is 3.28. The fraction of sp³-hybridized carbons (Fsp3) is 0.400. The van der Waals surface area contributed by atoms with Crippen LogP contribution in [0.15, 0.2) is 30.6 Å². The lowest BCUT2D eigenvalue weighted by atomic mass is 10.0. The highest BCUT2D eigenvalue weighted by Crippen LogP contribution is 2.23. The summed E-state index contributed by atoms with van der Waals surface area (Å²) in [7, 11) is 2.02. The maximum Gasteiger partial charge on any atom is 0.125 e. The first-order chi connectivity index (χ1) is 9.11. The van der Waals surface area contributed by atoms with Crippen LogP contribution in [0.2, 0.25) is 5.02 Å². The molecule has 0 bridgehead atoms. The molecule has 0 saturated carbocycles. The number of aryl methyl sites for hydroxylation is 2. The Bertz CT molecular complexity index is 548. The van der Waals surface area contributed by atoms with Crippen molar-refractivity contribution in [2.75, 3.05) is 6.54 Å². The van der Waals surface area contributed by atoms with Crippen molar-refractivity contribution in [3.63, 3.8) is 0 Å². The molecule has 1 atom stereocenters. The number of hydrogen-bond acceptors (Lipinski definition) is 2. The number of halogens is 1. The molecule has 2 rings (SSSR count). The van der Waals surface area contributed by atoms with Gasteiger partial charge >= 0.3 is 0 Å². The molecule has 0 fully saturated rings. The quantitative estimate of drug-likeness (QED) is 0.909. The zero-order valence-corrected chi connectivity index (χ0v) is 12.4. The largest absolute Gasteiger partial charge is 0.337 e. The first-order valence-electron chi connectivity index (χ1n) is 6.57. The van der Waals surface area contributed by atoms with Gasteiger partial charge in [-0.2, -0.15) is 0 Å². The SMILES string of the molecule is CCNC(Cc1ccc(C)cc1Cl)c1nccn1C. The van der Waals surface area contributed by atoms with Crippen LogP contribution < -0.4 is 5.32 Å². The molecule has 1 heterocycles. The lowest BCUT2D eigenvalue weighted by Crippen LogP contribution is -2.25. The fourth-order valence-corrected chi connectivity index (χ4v) is 2.56. The summed E-state index contributed by atoms with van der Waals surface area (Å²) in [5.41, 5.74) is 2.34. The minimum absolute atomic E-state index is 0.185. The summed E-state index contributed by atoms with van der Waals surface area (Å²) in [6.07, 6.45) is 4.64. The van der Waals surface area contributed by atoms with E-state index in [1.807, 2.05) is 25.5 Å². The number of aromatic nitrogens is 2. The van der Waals surface area contributed by atoms with Crippen molar-refractivity contribution in [2.45, 2.75) is 26.3 Å². The molecule has 0 aliphatic heterocycles. The van der Waals surface area contributed by atoms with Crippen LogP contribution in [0.3, 0.4) is 0 Å². The van der Waals surface area contributed by atoms with Crippen molar-refractivity contribution in [1.29, 1.82) is 0 Å².